The number of carbonyl (C=O) groups is 2. The summed E-state index contributed by atoms with van der Waals surface area (Å²) in [5, 5.41) is 17.5. The molecule has 210 valence electrons. The predicted octanol–water partition coefficient (Wildman–Crippen LogP) is 5.41. The van der Waals surface area contributed by atoms with E-state index >= 15 is 0 Å². The number of unbranched alkanes of at least 4 members (excludes halogenated alkanes) is 1. The normalized spacial score (nSPS) is 13.5. The highest BCUT2D eigenvalue weighted by Gasteiger charge is 2.22. The number of hydrogen-bond donors (Lipinski definition) is 2. The molecule has 0 atom stereocenters. The van der Waals surface area contributed by atoms with Gasteiger partial charge in [0.2, 0.25) is 11.7 Å². The number of benzene rings is 2. The van der Waals surface area contributed by atoms with Crippen LogP contribution in [0.25, 0.3) is 11.3 Å². The van der Waals surface area contributed by atoms with Crippen molar-refractivity contribution in [2.75, 3.05) is 43.4 Å². The highest BCUT2D eigenvalue weighted by atomic mass is 16.6. The molecule has 2 N–H and O–H groups in total. The molecule has 0 spiro atoms. The number of ether oxygens (including phenoxy) is 1. The van der Waals surface area contributed by atoms with E-state index in [0.29, 0.717) is 42.3 Å². The summed E-state index contributed by atoms with van der Waals surface area (Å²) in [7, 11) is 0. The molecule has 2 aromatic carbocycles. The minimum Gasteiger partial charge on any atom is -0.449 e. The first kappa shape index (κ1) is 28.5. The molecular formula is C29H34N6O5. The number of amides is 2. The molecule has 0 saturated carbocycles. The number of rotatable bonds is 10. The van der Waals surface area contributed by atoms with Crippen molar-refractivity contribution in [2.24, 2.45) is 0 Å². The van der Waals surface area contributed by atoms with Gasteiger partial charge in [-0.1, -0.05) is 37.6 Å². The van der Waals surface area contributed by atoms with E-state index < -0.39 is 4.92 Å². The van der Waals surface area contributed by atoms with Crippen molar-refractivity contribution in [3.63, 3.8) is 0 Å². The topological polar surface area (TPSA) is 130 Å². The number of carbonyl (C=O) groups excluding carboxylic acids is 2. The summed E-state index contributed by atoms with van der Waals surface area (Å²) in [6.45, 7) is 7.46. The molecule has 1 aliphatic rings. The van der Waals surface area contributed by atoms with Crippen LogP contribution in [0.5, 0.6) is 0 Å². The molecule has 4 rings (SSSR count). The van der Waals surface area contributed by atoms with Gasteiger partial charge in [0.1, 0.15) is 0 Å². The molecule has 0 radical (unpaired) electrons. The zero-order valence-electron chi connectivity index (χ0n) is 22.8. The van der Waals surface area contributed by atoms with Crippen LogP contribution in [-0.2, 0) is 16.1 Å². The fourth-order valence-corrected chi connectivity index (χ4v) is 4.38. The van der Waals surface area contributed by atoms with Crippen LogP contribution < -0.4 is 10.6 Å². The summed E-state index contributed by atoms with van der Waals surface area (Å²) in [4.78, 5) is 43.3. The van der Waals surface area contributed by atoms with Crippen LogP contribution in [0.3, 0.4) is 0 Å². The number of anilines is 3. The third-order valence-electron chi connectivity index (χ3n) is 6.53. The maximum atomic E-state index is 12.2. The molecule has 1 saturated heterocycles. The fourth-order valence-electron chi connectivity index (χ4n) is 4.38. The minimum absolute atomic E-state index is 0.127. The van der Waals surface area contributed by atoms with Crippen molar-refractivity contribution in [1.82, 2.24) is 14.8 Å². The number of aromatic nitrogens is 1. The average molecular weight is 547 g/mol. The van der Waals surface area contributed by atoms with E-state index in [9.17, 15) is 19.7 Å². The standard InChI is InChI=1S/C29H34N6O5/c1-3-4-18-40-29(37)34-16-14-33(15-17-34)20-22-8-10-24(11-9-22)31-28-27(35(38)39)13-12-26(32-28)23-6-5-7-25(19-23)30-21(2)36/h5-13,19H,3-4,14-18,20H2,1-2H3,(H,30,36)(H,31,32). The van der Waals surface area contributed by atoms with Crippen LogP contribution in [0.4, 0.5) is 27.7 Å². The average Bonchev–Trinajstić information content (AvgIpc) is 2.94. The van der Waals surface area contributed by atoms with Gasteiger partial charge in [0.15, 0.2) is 0 Å². The lowest BCUT2D eigenvalue weighted by atomic mass is 10.1. The van der Waals surface area contributed by atoms with Crippen LogP contribution in [0.2, 0.25) is 0 Å². The first-order chi connectivity index (χ1) is 19.3. The van der Waals surface area contributed by atoms with Gasteiger partial charge in [0.05, 0.1) is 17.2 Å². The van der Waals surface area contributed by atoms with Crippen LogP contribution in [0.1, 0.15) is 32.3 Å². The molecule has 1 fully saturated rings. The Morgan fingerprint density at radius 3 is 2.45 bits per heavy atom. The van der Waals surface area contributed by atoms with E-state index in [0.717, 1.165) is 38.0 Å². The van der Waals surface area contributed by atoms with Crippen LogP contribution >= 0.6 is 0 Å². The second kappa shape index (κ2) is 13.5. The number of pyridine rings is 1. The van der Waals surface area contributed by atoms with Gasteiger partial charge in [0, 0.05) is 62.7 Å². The molecule has 0 unspecified atom stereocenters. The second-order valence-electron chi connectivity index (χ2n) is 9.64. The summed E-state index contributed by atoms with van der Waals surface area (Å²) < 4.78 is 5.31. The summed E-state index contributed by atoms with van der Waals surface area (Å²) in [6, 6.07) is 17.8. The first-order valence-corrected chi connectivity index (χ1v) is 13.4. The smallest absolute Gasteiger partial charge is 0.409 e. The number of nitrogens with one attached hydrogen (secondary N) is 2. The van der Waals surface area contributed by atoms with E-state index in [4.69, 9.17) is 4.74 Å². The van der Waals surface area contributed by atoms with Gasteiger partial charge in [-0.25, -0.2) is 9.78 Å². The lowest BCUT2D eigenvalue weighted by molar-refractivity contribution is -0.384. The van der Waals surface area contributed by atoms with Gasteiger partial charge in [-0.2, -0.15) is 0 Å². The van der Waals surface area contributed by atoms with Gasteiger partial charge >= 0.3 is 11.8 Å². The number of hydrogen-bond acceptors (Lipinski definition) is 8. The zero-order chi connectivity index (χ0) is 28.5. The third kappa shape index (κ3) is 7.76. The second-order valence-corrected chi connectivity index (χ2v) is 9.64. The molecule has 3 aromatic rings. The Hall–Kier alpha value is -4.51. The lowest BCUT2D eigenvalue weighted by Gasteiger charge is -2.34. The van der Waals surface area contributed by atoms with Crippen molar-refractivity contribution in [2.45, 2.75) is 33.2 Å². The highest BCUT2D eigenvalue weighted by molar-refractivity contribution is 5.89. The Labute approximate surface area is 233 Å². The molecule has 2 amide bonds. The highest BCUT2D eigenvalue weighted by Crippen LogP contribution is 2.30. The molecule has 0 aliphatic carbocycles. The van der Waals surface area contributed by atoms with Crippen molar-refractivity contribution in [3.8, 4) is 11.3 Å². The van der Waals surface area contributed by atoms with Crippen molar-refractivity contribution < 1.29 is 19.2 Å². The van der Waals surface area contributed by atoms with Gasteiger partial charge in [-0.15, -0.1) is 0 Å². The maximum Gasteiger partial charge on any atom is 0.409 e. The van der Waals surface area contributed by atoms with Crippen LogP contribution in [0.15, 0.2) is 60.7 Å². The predicted molar refractivity (Wildman–Crippen MR) is 153 cm³/mol. The first-order valence-electron chi connectivity index (χ1n) is 13.4. The largest absolute Gasteiger partial charge is 0.449 e. The Balaban J connectivity index is 1.39. The van der Waals surface area contributed by atoms with E-state index in [-0.39, 0.29) is 23.5 Å². The molecule has 1 aliphatic heterocycles. The summed E-state index contributed by atoms with van der Waals surface area (Å²) in [5.41, 5.74) is 3.48. The SMILES string of the molecule is CCCCOC(=O)N1CCN(Cc2ccc(Nc3nc(-c4cccc(NC(C)=O)c4)ccc3[N+](=O)[O-])cc2)CC1. The molecule has 40 heavy (non-hydrogen) atoms. The van der Waals surface area contributed by atoms with Crippen molar-refractivity contribution >= 4 is 34.9 Å². The summed E-state index contributed by atoms with van der Waals surface area (Å²) >= 11 is 0. The lowest BCUT2D eigenvalue weighted by Crippen LogP contribution is -2.48. The monoisotopic (exact) mass is 546 g/mol. The number of piperazine rings is 1. The molecule has 1 aromatic heterocycles. The van der Waals surface area contributed by atoms with Gasteiger partial charge in [-0.05, 0) is 42.3 Å². The maximum absolute atomic E-state index is 12.2. The third-order valence-corrected chi connectivity index (χ3v) is 6.53. The Bertz CT molecular complexity index is 1340. The summed E-state index contributed by atoms with van der Waals surface area (Å²) in [5.74, 6) is -0.0634. The minimum atomic E-state index is -0.472. The van der Waals surface area contributed by atoms with Crippen molar-refractivity contribution in [3.05, 3.63) is 76.3 Å². The Morgan fingerprint density at radius 1 is 1.02 bits per heavy atom. The summed E-state index contributed by atoms with van der Waals surface area (Å²) in [6.07, 6.45) is 1.62. The van der Waals surface area contributed by atoms with E-state index in [2.05, 4.69) is 27.4 Å². The van der Waals surface area contributed by atoms with Crippen LogP contribution in [0, 0.1) is 10.1 Å². The van der Waals surface area contributed by atoms with E-state index in [1.54, 1.807) is 29.2 Å². The van der Waals surface area contributed by atoms with Crippen molar-refractivity contribution in [1.29, 1.82) is 0 Å². The van der Waals surface area contributed by atoms with Gasteiger partial charge < -0.3 is 20.3 Å². The molecule has 11 heteroatoms. The van der Waals surface area contributed by atoms with E-state index in [1.807, 2.05) is 30.3 Å². The molecule has 11 nitrogen and oxygen atoms in total. The molecule has 2 heterocycles. The zero-order valence-corrected chi connectivity index (χ0v) is 22.8. The van der Waals surface area contributed by atoms with Crippen LogP contribution in [-0.4, -0.2) is 64.5 Å². The Kier molecular flexibility index (Phi) is 9.63. The fraction of sp³-hybridized carbons (Fsp3) is 0.345. The molecule has 0 bridgehead atoms. The number of nitrogens with zero attached hydrogens (tertiary/aromatic N) is 4. The van der Waals surface area contributed by atoms with E-state index in [1.165, 1.54) is 13.0 Å². The number of nitro groups is 1. The van der Waals surface area contributed by atoms with Gasteiger partial charge in [0.25, 0.3) is 0 Å². The molecular weight excluding hydrogens is 512 g/mol. The van der Waals surface area contributed by atoms with Gasteiger partial charge in [-0.3, -0.25) is 19.8 Å². The Morgan fingerprint density at radius 2 is 1.77 bits per heavy atom. The quantitative estimate of drug-likeness (QED) is 0.196.